The van der Waals surface area contributed by atoms with Crippen molar-refractivity contribution in [3.8, 4) is 6.07 Å². The number of piperidine rings is 1. The fourth-order valence-corrected chi connectivity index (χ4v) is 2.02. The Morgan fingerprint density at radius 1 is 1.22 bits per heavy atom. The summed E-state index contributed by atoms with van der Waals surface area (Å²) < 4.78 is 0. The van der Waals surface area contributed by atoms with Crippen LogP contribution in [0.4, 0.5) is 5.82 Å². The number of nitrogens with zero attached hydrogens (tertiary/aromatic N) is 4. The van der Waals surface area contributed by atoms with Gasteiger partial charge in [-0.05, 0) is 30.4 Å². The molecule has 1 aliphatic heterocycles. The summed E-state index contributed by atoms with van der Waals surface area (Å²) in [6.45, 7) is 10.6. The van der Waals surface area contributed by atoms with Crippen LogP contribution in [0.1, 0.15) is 39.8 Å². The van der Waals surface area contributed by atoms with Crippen LogP contribution < -0.4 is 4.90 Å². The average molecular weight is 246 g/mol. The Labute approximate surface area is 110 Å². The highest BCUT2D eigenvalue weighted by molar-refractivity contribution is 5.39. The number of rotatable bonds is 1. The average Bonchev–Trinajstić information content (AvgIpc) is 2.44. The van der Waals surface area contributed by atoms with Crippen LogP contribution in [0.3, 0.4) is 0 Å². The third-order valence-electron chi connectivity index (χ3n) is 3.42. The smallest absolute Gasteiger partial charge is 0.163 e. The topological polar surface area (TPSA) is 52.8 Å². The summed E-state index contributed by atoms with van der Waals surface area (Å²) in [6.07, 6.45) is 1.20. The molecule has 0 aliphatic carbocycles. The molecular formula is C14H22N4. The summed E-state index contributed by atoms with van der Waals surface area (Å²) in [5.41, 5.74) is 0.377. The first-order valence-electron chi connectivity index (χ1n) is 6.69. The van der Waals surface area contributed by atoms with Crippen LogP contribution in [0.15, 0.2) is 12.1 Å². The molecule has 2 rings (SSSR count). The molecule has 0 aromatic carbocycles. The van der Waals surface area contributed by atoms with Gasteiger partial charge in [0.1, 0.15) is 6.07 Å². The lowest BCUT2D eigenvalue weighted by Crippen LogP contribution is -2.38. The van der Waals surface area contributed by atoms with Crippen molar-refractivity contribution in [3.63, 3.8) is 0 Å². The third kappa shape index (κ3) is 3.43. The normalized spacial score (nSPS) is 22.7. The van der Waals surface area contributed by atoms with E-state index >= 15 is 0 Å². The highest BCUT2D eigenvalue weighted by Crippen LogP contribution is 2.25. The first-order valence-corrected chi connectivity index (χ1v) is 6.69. The largest absolute Gasteiger partial charge is 0.355 e. The number of hydrogen-bond acceptors (Lipinski definition) is 4. The predicted molar refractivity (Wildman–Crippen MR) is 73.3 cm³/mol. The second-order valence-corrected chi connectivity index (χ2v) is 4.58. The van der Waals surface area contributed by atoms with Gasteiger partial charge in [-0.2, -0.15) is 5.26 Å². The zero-order valence-corrected chi connectivity index (χ0v) is 11.7. The molecule has 0 radical (unpaired) electrons. The number of nitriles is 1. The van der Waals surface area contributed by atoms with E-state index in [0.29, 0.717) is 11.6 Å². The van der Waals surface area contributed by atoms with Gasteiger partial charge in [-0.15, -0.1) is 10.2 Å². The lowest BCUT2D eigenvalue weighted by Gasteiger charge is -2.35. The summed E-state index contributed by atoms with van der Waals surface area (Å²) in [5, 5.41) is 16.6. The summed E-state index contributed by atoms with van der Waals surface area (Å²) in [7, 11) is 0. The number of aromatic nitrogens is 2. The zero-order chi connectivity index (χ0) is 13.5. The van der Waals surface area contributed by atoms with Gasteiger partial charge in [-0.3, -0.25) is 0 Å². The van der Waals surface area contributed by atoms with E-state index in [9.17, 15) is 0 Å². The molecule has 18 heavy (non-hydrogen) atoms. The monoisotopic (exact) mass is 246 g/mol. The summed E-state index contributed by atoms with van der Waals surface area (Å²) in [4.78, 5) is 2.25. The fourth-order valence-electron chi connectivity index (χ4n) is 2.02. The molecule has 1 fully saturated rings. The van der Waals surface area contributed by atoms with Gasteiger partial charge in [0.25, 0.3) is 0 Å². The van der Waals surface area contributed by atoms with E-state index in [1.165, 1.54) is 6.42 Å². The molecule has 1 aromatic rings. The molecule has 0 amide bonds. The molecule has 0 N–H and O–H groups in total. The van der Waals surface area contributed by atoms with Gasteiger partial charge >= 0.3 is 0 Å². The maximum Gasteiger partial charge on any atom is 0.163 e. The Bertz CT molecular complexity index is 393. The lowest BCUT2D eigenvalue weighted by molar-refractivity contribution is 0.322. The van der Waals surface area contributed by atoms with Crippen LogP contribution in [0.25, 0.3) is 0 Å². The molecule has 0 bridgehead atoms. The van der Waals surface area contributed by atoms with Crippen molar-refractivity contribution >= 4 is 5.82 Å². The van der Waals surface area contributed by atoms with Crippen LogP contribution in [-0.2, 0) is 0 Å². The minimum Gasteiger partial charge on any atom is -0.355 e. The second kappa shape index (κ2) is 6.95. The Morgan fingerprint density at radius 3 is 2.44 bits per heavy atom. The van der Waals surface area contributed by atoms with Gasteiger partial charge in [0.2, 0.25) is 0 Å². The summed E-state index contributed by atoms with van der Waals surface area (Å²) in [5.74, 6) is 2.35. The van der Waals surface area contributed by atoms with Gasteiger partial charge in [0, 0.05) is 13.1 Å². The quantitative estimate of drug-likeness (QED) is 0.764. The molecule has 1 aromatic heterocycles. The predicted octanol–water partition coefficient (Wildman–Crippen LogP) is 2.86. The van der Waals surface area contributed by atoms with E-state index in [1.54, 1.807) is 6.07 Å². The molecule has 2 heterocycles. The molecule has 0 saturated carbocycles. The van der Waals surface area contributed by atoms with Crippen molar-refractivity contribution in [3.05, 3.63) is 17.8 Å². The lowest BCUT2D eigenvalue weighted by atomic mass is 9.89. The van der Waals surface area contributed by atoms with Crippen molar-refractivity contribution < 1.29 is 0 Å². The van der Waals surface area contributed by atoms with Crippen LogP contribution >= 0.6 is 0 Å². The maximum absolute atomic E-state index is 8.65. The standard InChI is InChI=1S/C12H16N4.C2H6/c1-9-5-6-16(8-10(9)2)12-4-3-11(7-13)14-15-12;1-2/h3-4,9-10H,5-6,8H2,1-2H3;1-2H3. The van der Waals surface area contributed by atoms with Crippen molar-refractivity contribution in [2.45, 2.75) is 34.1 Å². The molecule has 1 saturated heterocycles. The Balaban J connectivity index is 0.000000771. The molecular weight excluding hydrogens is 224 g/mol. The fraction of sp³-hybridized carbons (Fsp3) is 0.643. The first-order chi connectivity index (χ1) is 8.70. The Kier molecular flexibility index (Phi) is 5.57. The molecule has 2 unspecified atom stereocenters. The molecule has 1 aliphatic rings. The van der Waals surface area contributed by atoms with E-state index in [0.717, 1.165) is 24.8 Å². The van der Waals surface area contributed by atoms with Crippen LogP contribution in [0.5, 0.6) is 0 Å². The van der Waals surface area contributed by atoms with Crippen molar-refractivity contribution in [1.29, 1.82) is 5.26 Å². The third-order valence-corrected chi connectivity index (χ3v) is 3.42. The molecule has 0 spiro atoms. The summed E-state index contributed by atoms with van der Waals surface area (Å²) >= 11 is 0. The van der Waals surface area contributed by atoms with Crippen molar-refractivity contribution in [2.75, 3.05) is 18.0 Å². The van der Waals surface area contributed by atoms with E-state index in [2.05, 4.69) is 28.9 Å². The molecule has 2 atom stereocenters. The Morgan fingerprint density at radius 2 is 1.94 bits per heavy atom. The van der Waals surface area contributed by atoms with E-state index in [4.69, 9.17) is 5.26 Å². The SMILES string of the molecule is CC.CC1CCN(c2ccc(C#N)nn2)CC1C. The van der Waals surface area contributed by atoms with Gasteiger partial charge in [0.05, 0.1) is 0 Å². The molecule has 98 valence electrons. The Hall–Kier alpha value is -1.63. The minimum atomic E-state index is 0.377. The molecule has 4 nitrogen and oxygen atoms in total. The van der Waals surface area contributed by atoms with Crippen LogP contribution in [0.2, 0.25) is 0 Å². The summed E-state index contributed by atoms with van der Waals surface area (Å²) in [6, 6.07) is 5.59. The first kappa shape index (κ1) is 14.4. The van der Waals surface area contributed by atoms with E-state index in [1.807, 2.05) is 26.0 Å². The van der Waals surface area contributed by atoms with E-state index < -0.39 is 0 Å². The van der Waals surface area contributed by atoms with Gasteiger partial charge in [-0.25, -0.2) is 0 Å². The highest BCUT2D eigenvalue weighted by Gasteiger charge is 2.23. The molecule has 4 heteroatoms. The van der Waals surface area contributed by atoms with Gasteiger partial charge < -0.3 is 4.90 Å². The van der Waals surface area contributed by atoms with E-state index in [-0.39, 0.29) is 0 Å². The van der Waals surface area contributed by atoms with Gasteiger partial charge in [0.15, 0.2) is 11.5 Å². The zero-order valence-electron chi connectivity index (χ0n) is 11.7. The van der Waals surface area contributed by atoms with Gasteiger partial charge in [-0.1, -0.05) is 27.7 Å². The number of hydrogen-bond donors (Lipinski definition) is 0. The minimum absolute atomic E-state index is 0.377. The number of anilines is 1. The maximum atomic E-state index is 8.65. The van der Waals surface area contributed by atoms with Crippen molar-refractivity contribution in [2.24, 2.45) is 11.8 Å². The second-order valence-electron chi connectivity index (χ2n) is 4.58. The van der Waals surface area contributed by atoms with Crippen LogP contribution in [-0.4, -0.2) is 23.3 Å². The van der Waals surface area contributed by atoms with Crippen LogP contribution in [0, 0.1) is 23.2 Å². The highest BCUT2D eigenvalue weighted by atomic mass is 15.3. The van der Waals surface area contributed by atoms with Crippen molar-refractivity contribution in [1.82, 2.24) is 10.2 Å².